The zero-order valence-electron chi connectivity index (χ0n) is 18.8. The van der Waals surface area contributed by atoms with Gasteiger partial charge in [-0.3, -0.25) is 4.68 Å². The molecule has 1 N–H and O–H groups in total. The standard InChI is InChI=1S/C25H16Cl2F6N2O2/c1-35-20(11-21(34-35)25(31,32)33)17-8-2-14(12-37-16-6-4-15(26)5-7-16)22(23(17)36)13-3-9-19(27)18(10-13)24(28,29)30/h2-11,36H,12H2,1H3. The first-order chi connectivity index (χ1) is 17.3. The van der Waals surface area contributed by atoms with Gasteiger partial charge < -0.3 is 9.84 Å². The minimum Gasteiger partial charge on any atom is -0.507 e. The van der Waals surface area contributed by atoms with E-state index in [0.29, 0.717) is 10.8 Å². The zero-order chi connectivity index (χ0) is 27.1. The van der Waals surface area contributed by atoms with Gasteiger partial charge in [0.2, 0.25) is 0 Å². The molecule has 0 amide bonds. The summed E-state index contributed by atoms with van der Waals surface area (Å²) in [7, 11) is 1.26. The molecule has 4 nitrogen and oxygen atoms in total. The number of aryl methyl sites for hydroxylation is 1. The molecule has 0 saturated carbocycles. The van der Waals surface area contributed by atoms with E-state index >= 15 is 0 Å². The van der Waals surface area contributed by atoms with Crippen molar-refractivity contribution in [1.82, 2.24) is 9.78 Å². The molecule has 4 aromatic rings. The van der Waals surface area contributed by atoms with Crippen LogP contribution in [0.15, 0.2) is 60.7 Å². The summed E-state index contributed by atoms with van der Waals surface area (Å²) in [5.41, 5.74) is -2.36. The summed E-state index contributed by atoms with van der Waals surface area (Å²) in [4.78, 5) is 0. The van der Waals surface area contributed by atoms with E-state index in [9.17, 15) is 31.4 Å². The number of ether oxygens (including phenoxy) is 1. The number of hydrogen-bond donors (Lipinski definition) is 1. The highest BCUT2D eigenvalue weighted by atomic mass is 35.5. The van der Waals surface area contributed by atoms with Gasteiger partial charge in [0.1, 0.15) is 18.1 Å². The molecule has 0 radical (unpaired) electrons. The quantitative estimate of drug-likeness (QED) is 0.249. The van der Waals surface area contributed by atoms with Crippen molar-refractivity contribution in [1.29, 1.82) is 0 Å². The summed E-state index contributed by atoms with van der Waals surface area (Å²) < 4.78 is 86.9. The van der Waals surface area contributed by atoms with Crippen LogP contribution >= 0.6 is 23.2 Å². The number of aromatic nitrogens is 2. The van der Waals surface area contributed by atoms with Crippen LogP contribution in [-0.2, 0) is 26.0 Å². The highest BCUT2D eigenvalue weighted by Gasteiger charge is 2.36. The van der Waals surface area contributed by atoms with Gasteiger partial charge in [-0.15, -0.1) is 0 Å². The van der Waals surface area contributed by atoms with Crippen molar-refractivity contribution >= 4 is 23.2 Å². The summed E-state index contributed by atoms with van der Waals surface area (Å²) in [5, 5.41) is 14.6. The van der Waals surface area contributed by atoms with Gasteiger partial charge in [-0.25, -0.2) is 0 Å². The molecule has 194 valence electrons. The number of phenolic OH excluding ortho intramolecular Hbond substituents is 1. The Kier molecular flexibility index (Phi) is 7.09. The predicted octanol–water partition coefficient (Wildman–Crippen LogP) is 8.38. The molecule has 3 aromatic carbocycles. The second-order valence-corrected chi connectivity index (χ2v) is 8.81. The van der Waals surface area contributed by atoms with Crippen LogP contribution in [0.3, 0.4) is 0 Å². The average molecular weight is 561 g/mol. The summed E-state index contributed by atoms with van der Waals surface area (Å²) in [6, 6.07) is 12.9. The number of aromatic hydroxyl groups is 1. The lowest BCUT2D eigenvalue weighted by Crippen LogP contribution is -2.07. The van der Waals surface area contributed by atoms with Crippen LogP contribution in [0.2, 0.25) is 10.0 Å². The molecule has 0 saturated heterocycles. The molecule has 37 heavy (non-hydrogen) atoms. The van der Waals surface area contributed by atoms with Gasteiger partial charge in [-0.1, -0.05) is 35.3 Å². The highest BCUT2D eigenvalue weighted by Crippen LogP contribution is 2.44. The van der Waals surface area contributed by atoms with Gasteiger partial charge in [0.25, 0.3) is 0 Å². The molecular formula is C25H16Cl2F6N2O2. The Hall–Kier alpha value is -3.37. The Morgan fingerprint density at radius 1 is 0.892 bits per heavy atom. The van der Waals surface area contributed by atoms with Gasteiger partial charge in [0.05, 0.1) is 16.3 Å². The third-order valence-electron chi connectivity index (χ3n) is 5.48. The van der Waals surface area contributed by atoms with Gasteiger partial charge in [0.15, 0.2) is 5.69 Å². The lowest BCUT2D eigenvalue weighted by atomic mass is 9.93. The fraction of sp³-hybridized carbons (Fsp3) is 0.160. The first-order valence-electron chi connectivity index (χ1n) is 10.5. The molecule has 0 fully saturated rings. The number of hydrogen-bond acceptors (Lipinski definition) is 3. The number of halogens is 8. The molecule has 0 unspecified atom stereocenters. The van der Waals surface area contributed by atoms with E-state index < -0.39 is 34.4 Å². The zero-order valence-corrected chi connectivity index (χ0v) is 20.3. The Morgan fingerprint density at radius 3 is 2.16 bits per heavy atom. The maximum Gasteiger partial charge on any atom is 0.435 e. The van der Waals surface area contributed by atoms with Crippen LogP contribution < -0.4 is 4.74 Å². The number of nitrogens with zero attached hydrogens (tertiary/aromatic N) is 2. The molecule has 1 aromatic heterocycles. The van der Waals surface area contributed by atoms with E-state index in [1.165, 1.54) is 25.2 Å². The first kappa shape index (κ1) is 26.7. The fourth-order valence-electron chi connectivity index (χ4n) is 3.73. The van der Waals surface area contributed by atoms with Crippen molar-refractivity contribution in [2.75, 3.05) is 0 Å². The molecular weight excluding hydrogens is 545 g/mol. The summed E-state index contributed by atoms with van der Waals surface area (Å²) in [5.74, 6) is -0.156. The molecule has 4 rings (SSSR count). The van der Waals surface area contributed by atoms with Crippen molar-refractivity contribution in [2.24, 2.45) is 7.05 Å². The summed E-state index contributed by atoms with van der Waals surface area (Å²) >= 11 is 11.6. The lowest BCUT2D eigenvalue weighted by molar-refractivity contribution is -0.141. The summed E-state index contributed by atoms with van der Waals surface area (Å²) in [6.07, 6.45) is -9.53. The van der Waals surface area contributed by atoms with Crippen LogP contribution in [0.5, 0.6) is 11.5 Å². The largest absolute Gasteiger partial charge is 0.507 e. The monoisotopic (exact) mass is 560 g/mol. The highest BCUT2D eigenvalue weighted by molar-refractivity contribution is 6.31. The minimum atomic E-state index is -4.79. The normalized spacial score (nSPS) is 12.1. The predicted molar refractivity (Wildman–Crippen MR) is 127 cm³/mol. The average Bonchev–Trinajstić information content (AvgIpc) is 3.20. The number of alkyl halides is 6. The molecule has 0 atom stereocenters. The molecule has 0 aliphatic rings. The smallest absolute Gasteiger partial charge is 0.435 e. The van der Waals surface area contributed by atoms with Crippen molar-refractivity contribution in [3.8, 4) is 33.9 Å². The SMILES string of the molecule is Cn1nc(C(F)(F)F)cc1-c1ccc(COc2ccc(Cl)cc2)c(-c2ccc(Cl)c(C(F)(F)F)c2)c1O. The van der Waals surface area contributed by atoms with E-state index in [4.69, 9.17) is 27.9 Å². The topological polar surface area (TPSA) is 47.3 Å². The van der Waals surface area contributed by atoms with E-state index in [1.54, 1.807) is 24.3 Å². The number of rotatable bonds is 5. The molecule has 0 aliphatic heterocycles. The van der Waals surface area contributed by atoms with E-state index in [-0.39, 0.29) is 34.6 Å². The van der Waals surface area contributed by atoms with Crippen molar-refractivity contribution in [2.45, 2.75) is 19.0 Å². The van der Waals surface area contributed by atoms with Crippen molar-refractivity contribution in [3.63, 3.8) is 0 Å². The molecule has 0 aliphatic carbocycles. The molecule has 12 heteroatoms. The van der Waals surface area contributed by atoms with Crippen molar-refractivity contribution < 1.29 is 36.2 Å². The number of phenols is 1. The van der Waals surface area contributed by atoms with Gasteiger partial charge in [-0.2, -0.15) is 31.4 Å². The van der Waals surface area contributed by atoms with E-state index in [2.05, 4.69) is 5.10 Å². The molecule has 0 spiro atoms. The Morgan fingerprint density at radius 2 is 1.57 bits per heavy atom. The van der Waals surface area contributed by atoms with Gasteiger partial charge in [-0.05, 0) is 54.1 Å². The third kappa shape index (κ3) is 5.65. The minimum absolute atomic E-state index is 0.0657. The second-order valence-electron chi connectivity index (χ2n) is 7.97. The molecule has 1 heterocycles. The van der Waals surface area contributed by atoms with Crippen LogP contribution in [0.25, 0.3) is 22.4 Å². The van der Waals surface area contributed by atoms with E-state index in [0.717, 1.165) is 22.9 Å². The molecule has 0 bridgehead atoms. The Balaban J connectivity index is 1.87. The van der Waals surface area contributed by atoms with Crippen LogP contribution in [-0.4, -0.2) is 14.9 Å². The lowest BCUT2D eigenvalue weighted by Gasteiger charge is -2.18. The number of benzene rings is 3. The maximum absolute atomic E-state index is 13.6. The van der Waals surface area contributed by atoms with Crippen LogP contribution in [0, 0.1) is 0 Å². The summed E-state index contributed by atoms with van der Waals surface area (Å²) in [6.45, 7) is -0.187. The van der Waals surface area contributed by atoms with Crippen LogP contribution in [0.1, 0.15) is 16.8 Å². The Bertz CT molecular complexity index is 1450. The van der Waals surface area contributed by atoms with Crippen molar-refractivity contribution in [3.05, 3.63) is 87.5 Å². The maximum atomic E-state index is 13.6. The van der Waals surface area contributed by atoms with Gasteiger partial charge >= 0.3 is 12.4 Å². The fourth-order valence-corrected chi connectivity index (χ4v) is 4.08. The van der Waals surface area contributed by atoms with E-state index in [1.807, 2.05) is 0 Å². The second kappa shape index (κ2) is 9.83. The first-order valence-corrected chi connectivity index (χ1v) is 11.2. The van der Waals surface area contributed by atoms with Gasteiger partial charge in [0, 0.05) is 28.8 Å². The van der Waals surface area contributed by atoms with Crippen LogP contribution in [0.4, 0.5) is 26.3 Å². The third-order valence-corrected chi connectivity index (χ3v) is 6.06. The Labute approximate surface area is 216 Å².